The topological polar surface area (TPSA) is 106 Å². The van der Waals surface area contributed by atoms with Crippen molar-refractivity contribution in [2.24, 2.45) is 0 Å². The molecule has 3 aliphatic rings. The fourth-order valence-corrected chi connectivity index (χ4v) is 6.37. The van der Waals surface area contributed by atoms with Gasteiger partial charge in [0.15, 0.2) is 27.9 Å². The van der Waals surface area contributed by atoms with E-state index in [1.165, 1.54) is 0 Å². The van der Waals surface area contributed by atoms with Crippen LogP contribution in [0.2, 0.25) is 0 Å². The van der Waals surface area contributed by atoms with E-state index < -0.39 is 9.84 Å². The number of benzene rings is 1. The molecule has 2 amide bonds. The van der Waals surface area contributed by atoms with Crippen molar-refractivity contribution in [2.45, 2.75) is 19.4 Å². The second kappa shape index (κ2) is 10.9. The molecule has 1 atom stereocenters. The van der Waals surface area contributed by atoms with Gasteiger partial charge in [0.25, 0.3) is 11.8 Å². The predicted molar refractivity (Wildman–Crippen MR) is 125 cm³/mol. The van der Waals surface area contributed by atoms with Crippen molar-refractivity contribution >= 4 is 21.7 Å². The summed E-state index contributed by atoms with van der Waals surface area (Å²) in [5, 5.41) is 0. The molecule has 0 bridgehead atoms. The second-order valence-corrected chi connectivity index (χ2v) is 11.0. The van der Waals surface area contributed by atoms with Crippen LogP contribution in [-0.4, -0.2) is 118 Å². The molecule has 0 saturated carbocycles. The van der Waals surface area contributed by atoms with Crippen LogP contribution in [-0.2, 0) is 19.4 Å². The average molecular weight is 496 g/mol. The first-order valence-corrected chi connectivity index (χ1v) is 13.7. The molecule has 0 aliphatic carbocycles. The van der Waals surface area contributed by atoms with Gasteiger partial charge in [-0.25, -0.2) is 8.42 Å². The number of carbonyl (C=O) groups excluding carboxylic acids is 2. The molecule has 34 heavy (non-hydrogen) atoms. The minimum Gasteiger partial charge on any atom is -0.490 e. The monoisotopic (exact) mass is 495 g/mol. The minimum atomic E-state index is -2.93. The van der Waals surface area contributed by atoms with Crippen LogP contribution in [0.15, 0.2) is 18.2 Å². The van der Waals surface area contributed by atoms with Gasteiger partial charge in [0.2, 0.25) is 0 Å². The smallest absolute Gasteiger partial charge is 0.260 e. The van der Waals surface area contributed by atoms with Crippen LogP contribution in [0.25, 0.3) is 0 Å². The SMILES string of the molecule is CCOc1cc(C(=O)N2CCN([C@@H]3CCS(=O)(=O)C3)CC2)ccc1OCC(=O)N1CCOCC1. The molecule has 0 radical (unpaired) electrons. The molecule has 10 nitrogen and oxygen atoms in total. The summed E-state index contributed by atoms with van der Waals surface area (Å²) in [6.07, 6.45) is 0.670. The third-order valence-corrected chi connectivity index (χ3v) is 8.28. The lowest BCUT2D eigenvalue weighted by Gasteiger charge is -2.37. The Balaban J connectivity index is 1.34. The molecule has 3 fully saturated rings. The van der Waals surface area contributed by atoms with Gasteiger partial charge in [-0.2, -0.15) is 0 Å². The number of rotatable bonds is 7. The average Bonchev–Trinajstić information content (AvgIpc) is 3.23. The molecule has 11 heteroatoms. The summed E-state index contributed by atoms with van der Waals surface area (Å²) in [5.74, 6) is 1.11. The number of carbonyl (C=O) groups is 2. The molecule has 0 unspecified atom stereocenters. The molecule has 188 valence electrons. The van der Waals surface area contributed by atoms with Gasteiger partial charge in [-0.3, -0.25) is 14.5 Å². The van der Waals surface area contributed by atoms with Crippen molar-refractivity contribution in [1.29, 1.82) is 0 Å². The maximum atomic E-state index is 13.1. The lowest BCUT2D eigenvalue weighted by atomic mass is 10.1. The summed E-state index contributed by atoms with van der Waals surface area (Å²) in [5.41, 5.74) is 0.493. The standard InChI is InChI=1S/C23H33N3O7S/c1-2-32-21-15-18(3-4-20(21)33-16-22(27)25-10-12-31-13-11-25)23(28)26-8-6-24(7-9-26)19-5-14-34(29,30)17-19/h3-4,15,19H,2,5-14,16-17H2,1H3/t19-/m1/s1. The van der Waals surface area contributed by atoms with Gasteiger partial charge in [-0.15, -0.1) is 0 Å². The minimum absolute atomic E-state index is 0.0587. The third-order valence-electron chi connectivity index (χ3n) is 6.53. The van der Waals surface area contributed by atoms with E-state index in [9.17, 15) is 18.0 Å². The van der Waals surface area contributed by atoms with Crippen molar-refractivity contribution in [3.05, 3.63) is 23.8 Å². The zero-order valence-corrected chi connectivity index (χ0v) is 20.4. The quantitative estimate of drug-likeness (QED) is 0.531. The van der Waals surface area contributed by atoms with Crippen LogP contribution in [0.5, 0.6) is 11.5 Å². The van der Waals surface area contributed by atoms with Crippen LogP contribution in [0.3, 0.4) is 0 Å². The van der Waals surface area contributed by atoms with Gasteiger partial charge in [-0.1, -0.05) is 0 Å². The van der Waals surface area contributed by atoms with E-state index in [0.29, 0.717) is 82.6 Å². The molecule has 0 spiro atoms. The fraction of sp³-hybridized carbons (Fsp3) is 0.652. The Hall–Kier alpha value is -2.37. The van der Waals surface area contributed by atoms with Gasteiger partial charge >= 0.3 is 0 Å². The van der Waals surface area contributed by atoms with E-state index in [-0.39, 0.29) is 36.0 Å². The maximum absolute atomic E-state index is 13.1. The first-order chi connectivity index (χ1) is 16.4. The number of hydrogen-bond donors (Lipinski definition) is 0. The number of ether oxygens (including phenoxy) is 3. The highest BCUT2D eigenvalue weighted by atomic mass is 32.2. The van der Waals surface area contributed by atoms with Crippen LogP contribution >= 0.6 is 0 Å². The Morgan fingerprint density at radius 3 is 2.38 bits per heavy atom. The van der Waals surface area contributed by atoms with E-state index in [2.05, 4.69) is 4.90 Å². The molecule has 3 aliphatic heterocycles. The van der Waals surface area contributed by atoms with Gasteiger partial charge in [0.1, 0.15) is 0 Å². The Kier molecular flexibility index (Phi) is 7.95. The number of sulfone groups is 1. The summed E-state index contributed by atoms with van der Waals surface area (Å²) in [6.45, 7) is 6.72. The zero-order chi connectivity index (χ0) is 24.1. The zero-order valence-electron chi connectivity index (χ0n) is 19.6. The fourth-order valence-electron chi connectivity index (χ4n) is 4.61. The van der Waals surface area contributed by atoms with Gasteiger partial charge < -0.3 is 24.0 Å². The highest BCUT2D eigenvalue weighted by Crippen LogP contribution is 2.29. The number of nitrogens with zero attached hydrogens (tertiary/aromatic N) is 3. The van der Waals surface area contributed by atoms with Gasteiger partial charge in [0, 0.05) is 50.9 Å². The van der Waals surface area contributed by atoms with Crippen LogP contribution in [0, 0.1) is 0 Å². The second-order valence-electron chi connectivity index (χ2n) is 8.76. The van der Waals surface area contributed by atoms with E-state index in [1.54, 1.807) is 28.0 Å². The van der Waals surface area contributed by atoms with Crippen molar-refractivity contribution in [3.8, 4) is 11.5 Å². The van der Waals surface area contributed by atoms with Crippen molar-refractivity contribution in [2.75, 3.05) is 77.2 Å². The molecule has 4 rings (SSSR count). The van der Waals surface area contributed by atoms with Crippen molar-refractivity contribution in [1.82, 2.24) is 14.7 Å². The summed E-state index contributed by atoms with van der Waals surface area (Å²) >= 11 is 0. The highest BCUT2D eigenvalue weighted by Gasteiger charge is 2.34. The first-order valence-electron chi connectivity index (χ1n) is 11.8. The Morgan fingerprint density at radius 2 is 1.74 bits per heavy atom. The van der Waals surface area contributed by atoms with Crippen molar-refractivity contribution in [3.63, 3.8) is 0 Å². The van der Waals surface area contributed by atoms with E-state index >= 15 is 0 Å². The largest absolute Gasteiger partial charge is 0.490 e. The first kappa shape index (κ1) is 24.7. The van der Waals surface area contributed by atoms with Crippen LogP contribution in [0.4, 0.5) is 0 Å². The lowest BCUT2D eigenvalue weighted by Crippen LogP contribution is -2.52. The normalized spacial score (nSPS) is 23.0. The predicted octanol–water partition coefficient (Wildman–Crippen LogP) is 0.268. The molecule has 3 saturated heterocycles. The number of piperazine rings is 1. The molecular formula is C23H33N3O7S. The van der Waals surface area contributed by atoms with Crippen LogP contribution in [0.1, 0.15) is 23.7 Å². The molecule has 0 aromatic heterocycles. The van der Waals surface area contributed by atoms with Gasteiger partial charge in [-0.05, 0) is 31.5 Å². The highest BCUT2D eigenvalue weighted by molar-refractivity contribution is 7.91. The van der Waals surface area contributed by atoms with E-state index in [0.717, 1.165) is 0 Å². The van der Waals surface area contributed by atoms with Gasteiger partial charge in [0.05, 0.1) is 31.3 Å². The summed E-state index contributed by atoms with van der Waals surface area (Å²) in [6, 6.07) is 5.08. The Morgan fingerprint density at radius 1 is 1.00 bits per heavy atom. The number of amides is 2. The molecule has 3 heterocycles. The molecule has 0 N–H and O–H groups in total. The lowest BCUT2D eigenvalue weighted by molar-refractivity contribution is -0.137. The van der Waals surface area contributed by atoms with E-state index in [4.69, 9.17) is 14.2 Å². The summed E-state index contributed by atoms with van der Waals surface area (Å²) < 4.78 is 40.3. The molecule has 1 aromatic rings. The number of morpholine rings is 1. The molecule has 1 aromatic carbocycles. The van der Waals surface area contributed by atoms with Crippen LogP contribution < -0.4 is 9.47 Å². The Labute approximate surface area is 200 Å². The summed E-state index contributed by atoms with van der Waals surface area (Å²) in [4.78, 5) is 31.2. The number of hydrogen-bond acceptors (Lipinski definition) is 8. The molecular weight excluding hydrogens is 462 g/mol. The van der Waals surface area contributed by atoms with E-state index in [1.807, 2.05) is 6.92 Å². The van der Waals surface area contributed by atoms with Crippen molar-refractivity contribution < 1.29 is 32.2 Å². The summed E-state index contributed by atoms with van der Waals surface area (Å²) in [7, 11) is -2.93. The third kappa shape index (κ3) is 6.00. The maximum Gasteiger partial charge on any atom is 0.260 e. The Bertz CT molecular complexity index is 986.